The Labute approximate surface area is 128 Å². The normalized spacial score (nSPS) is 22.4. The Kier molecular flexibility index (Phi) is 2.92. The number of carbonyl (C=O) groups excluding carboxylic acids is 1. The number of amides is 1. The van der Waals surface area contributed by atoms with E-state index in [2.05, 4.69) is 10.1 Å². The first kappa shape index (κ1) is 13.0. The quantitative estimate of drug-likeness (QED) is 0.811. The van der Waals surface area contributed by atoms with Crippen LogP contribution in [-0.4, -0.2) is 28.2 Å². The van der Waals surface area contributed by atoms with E-state index < -0.39 is 0 Å². The Morgan fingerprint density at radius 1 is 1.27 bits per heavy atom. The van der Waals surface area contributed by atoms with E-state index in [-0.39, 0.29) is 17.9 Å². The van der Waals surface area contributed by atoms with E-state index in [1.807, 2.05) is 36.4 Å². The summed E-state index contributed by atoms with van der Waals surface area (Å²) in [6, 6.07) is 11.7. The van der Waals surface area contributed by atoms with Crippen LogP contribution in [0.15, 0.2) is 53.9 Å². The fraction of sp³-hybridized carbons (Fsp3) is 0.235. The molecule has 0 radical (unpaired) electrons. The molecule has 110 valence electrons. The largest absolute Gasteiger partial charge is 0.492 e. The molecule has 4 rings (SSSR count). The van der Waals surface area contributed by atoms with Crippen molar-refractivity contribution in [2.75, 3.05) is 6.61 Å². The standard InChI is InChI=1S/C17H15N3O2/c1-11(21)20-17(12-5-3-2-4-6-12)14-10-22-15-7-8-18-9-13(15)16(14)19-20/h2-9,14,17H,10H2,1H3/t14-,17-/m1/s1. The highest BCUT2D eigenvalue weighted by Gasteiger charge is 2.44. The first-order valence-electron chi connectivity index (χ1n) is 7.26. The molecule has 5 heteroatoms. The summed E-state index contributed by atoms with van der Waals surface area (Å²) < 4.78 is 5.86. The summed E-state index contributed by atoms with van der Waals surface area (Å²) in [5.74, 6) is 0.742. The van der Waals surface area contributed by atoms with Gasteiger partial charge in [0.1, 0.15) is 5.75 Å². The molecule has 3 heterocycles. The highest BCUT2D eigenvalue weighted by Crippen LogP contribution is 2.41. The molecule has 1 aromatic heterocycles. The number of aromatic nitrogens is 1. The number of hydrogen-bond donors (Lipinski definition) is 0. The smallest absolute Gasteiger partial charge is 0.240 e. The van der Waals surface area contributed by atoms with Gasteiger partial charge in [-0.15, -0.1) is 0 Å². The number of carbonyl (C=O) groups is 1. The molecule has 0 saturated heterocycles. The zero-order valence-electron chi connectivity index (χ0n) is 12.1. The average Bonchev–Trinajstić information content (AvgIpc) is 2.96. The molecular formula is C17H15N3O2. The van der Waals surface area contributed by atoms with Crippen LogP contribution in [0.4, 0.5) is 0 Å². The van der Waals surface area contributed by atoms with Gasteiger partial charge < -0.3 is 4.74 Å². The van der Waals surface area contributed by atoms with E-state index in [0.29, 0.717) is 6.61 Å². The number of pyridine rings is 1. The van der Waals surface area contributed by atoms with Crippen LogP contribution in [-0.2, 0) is 4.79 Å². The number of ether oxygens (including phenoxy) is 1. The minimum Gasteiger partial charge on any atom is -0.492 e. The van der Waals surface area contributed by atoms with Gasteiger partial charge >= 0.3 is 0 Å². The number of hydrogen-bond acceptors (Lipinski definition) is 4. The van der Waals surface area contributed by atoms with Crippen LogP contribution < -0.4 is 4.74 Å². The molecule has 0 fully saturated rings. The zero-order valence-corrected chi connectivity index (χ0v) is 12.1. The van der Waals surface area contributed by atoms with Crippen LogP contribution in [0.5, 0.6) is 5.75 Å². The molecule has 0 aliphatic carbocycles. The lowest BCUT2D eigenvalue weighted by molar-refractivity contribution is -0.131. The van der Waals surface area contributed by atoms with Gasteiger partial charge in [0, 0.05) is 19.3 Å². The predicted molar refractivity (Wildman–Crippen MR) is 81.5 cm³/mol. The molecule has 0 spiro atoms. The molecular weight excluding hydrogens is 278 g/mol. The average molecular weight is 293 g/mol. The van der Waals surface area contributed by atoms with Gasteiger partial charge in [-0.2, -0.15) is 5.10 Å². The third-order valence-electron chi connectivity index (χ3n) is 4.15. The summed E-state index contributed by atoms with van der Waals surface area (Å²) in [7, 11) is 0. The van der Waals surface area contributed by atoms with Crippen molar-refractivity contribution in [2.45, 2.75) is 13.0 Å². The molecule has 5 nitrogen and oxygen atoms in total. The number of nitrogens with zero attached hydrogens (tertiary/aromatic N) is 3. The van der Waals surface area contributed by atoms with Gasteiger partial charge in [0.05, 0.1) is 29.8 Å². The van der Waals surface area contributed by atoms with E-state index in [1.165, 1.54) is 0 Å². The minimum atomic E-state index is -0.123. The lowest BCUT2D eigenvalue weighted by Crippen LogP contribution is -2.34. The highest BCUT2D eigenvalue weighted by atomic mass is 16.5. The third kappa shape index (κ3) is 1.89. The van der Waals surface area contributed by atoms with Crippen molar-refractivity contribution in [1.82, 2.24) is 9.99 Å². The summed E-state index contributed by atoms with van der Waals surface area (Å²) in [5.41, 5.74) is 2.83. The fourth-order valence-corrected chi connectivity index (χ4v) is 3.17. The summed E-state index contributed by atoms with van der Waals surface area (Å²) in [6.07, 6.45) is 3.46. The number of benzene rings is 1. The van der Waals surface area contributed by atoms with E-state index in [9.17, 15) is 4.79 Å². The van der Waals surface area contributed by atoms with E-state index in [4.69, 9.17) is 4.74 Å². The molecule has 2 aromatic rings. The summed E-state index contributed by atoms with van der Waals surface area (Å²) >= 11 is 0. The monoisotopic (exact) mass is 293 g/mol. The second-order valence-corrected chi connectivity index (χ2v) is 5.49. The molecule has 0 unspecified atom stereocenters. The summed E-state index contributed by atoms with van der Waals surface area (Å²) in [4.78, 5) is 16.2. The SMILES string of the molecule is CC(=O)N1N=C2c3cnccc3OC[C@H]2[C@H]1c1ccccc1. The van der Waals surface area contributed by atoms with Gasteiger partial charge in [-0.1, -0.05) is 30.3 Å². The Balaban J connectivity index is 1.82. The van der Waals surface area contributed by atoms with Crippen LogP contribution >= 0.6 is 0 Å². The van der Waals surface area contributed by atoms with Gasteiger partial charge in [-0.05, 0) is 11.6 Å². The predicted octanol–water partition coefficient (Wildman–Crippen LogP) is 2.40. The zero-order chi connectivity index (χ0) is 15.1. The van der Waals surface area contributed by atoms with Gasteiger partial charge in [-0.3, -0.25) is 9.78 Å². The second-order valence-electron chi connectivity index (χ2n) is 5.49. The summed E-state index contributed by atoms with van der Waals surface area (Å²) in [5, 5.41) is 6.16. The second kappa shape index (κ2) is 4.94. The summed E-state index contributed by atoms with van der Waals surface area (Å²) in [6.45, 7) is 2.06. The van der Waals surface area contributed by atoms with Crippen LogP contribution in [0.2, 0.25) is 0 Å². The Bertz CT molecular complexity index is 758. The minimum absolute atomic E-state index is 0.0306. The van der Waals surface area contributed by atoms with Crippen molar-refractivity contribution in [3.8, 4) is 5.75 Å². The molecule has 2 aliphatic heterocycles. The molecule has 0 saturated carbocycles. The van der Waals surface area contributed by atoms with Gasteiger partial charge in [0.25, 0.3) is 0 Å². The topological polar surface area (TPSA) is 54.8 Å². The van der Waals surface area contributed by atoms with E-state index in [0.717, 1.165) is 22.6 Å². The highest BCUT2D eigenvalue weighted by molar-refractivity contribution is 6.07. The number of fused-ring (bicyclic) bond motifs is 3. The van der Waals surface area contributed by atoms with Crippen molar-refractivity contribution in [3.05, 3.63) is 59.9 Å². The molecule has 1 aromatic carbocycles. The lowest BCUT2D eigenvalue weighted by atomic mass is 9.86. The maximum Gasteiger partial charge on any atom is 0.240 e. The first-order valence-corrected chi connectivity index (χ1v) is 7.26. The van der Waals surface area contributed by atoms with Crippen LogP contribution in [0, 0.1) is 5.92 Å². The van der Waals surface area contributed by atoms with Gasteiger partial charge in [0.15, 0.2) is 0 Å². The third-order valence-corrected chi connectivity index (χ3v) is 4.15. The van der Waals surface area contributed by atoms with Gasteiger partial charge in [0.2, 0.25) is 5.91 Å². The van der Waals surface area contributed by atoms with Crippen LogP contribution in [0.25, 0.3) is 0 Å². The maximum atomic E-state index is 12.0. The maximum absolute atomic E-state index is 12.0. The van der Waals surface area contributed by atoms with Crippen molar-refractivity contribution >= 4 is 11.6 Å². The Morgan fingerprint density at radius 2 is 2.09 bits per heavy atom. The first-order chi connectivity index (χ1) is 10.8. The Morgan fingerprint density at radius 3 is 2.86 bits per heavy atom. The molecule has 22 heavy (non-hydrogen) atoms. The molecule has 2 aliphatic rings. The van der Waals surface area contributed by atoms with Crippen molar-refractivity contribution in [1.29, 1.82) is 0 Å². The van der Waals surface area contributed by atoms with Crippen LogP contribution in [0.1, 0.15) is 24.1 Å². The van der Waals surface area contributed by atoms with E-state index >= 15 is 0 Å². The number of hydrazone groups is 1. The fourth-order valence-electron chi connectivity index (χ4n) is 3.17. The molecule has 1 amide bonds. The Hall–Kier alpha value is -2.69. The number of rotatable bonds is 1. The van der Waals surface area contributed by atoms with Crippen LogP contribution in [0.3, 0.4) is 0 Å². The lowest BCUT2D eigenvalue weighted by Gasteiger charge is -2.29. The van der Waals surface area contributed by atoms with Crippen molar-refractivity contribution < 1.29 is 9.53 Å². The van der Waals surface area contributed by atoms with Crippen molar-refractivity contribution in [3.63, 3.8) is 0 Å². The van der Waals surface area contributed by atoms with Gasteiger partial charge in [-0.25, -0.2) is 5.01 Å². The molecule has 0 bridgehead atoms. The molecule has 0 N–H and O–H groups in total. The van der Waals surface area contributed by atoms with E-state index in [1.54, 1.807) is 24.3 Å². The molecule has 2 atom stereocenters. The van der Waals surface area contributed by atoms with Crippen molar-refractivity contribution in [2.24, 2.45) is 11.0 Å².